The maximum atomic E-state index is 10.8. The highest BCUT2D eigenvalue weighted by Crippen LogP contribution is 2.57. The number of fused-ring (bicyclic) bond motifs is 3. The number of pyridine rings is 1. The van der Waals surface area contributed by atoms with Gasteiger partial charge in [0.15, 0.2) is 11.3 Å². The van der Waals surface area contributed by atoms with Gasteiger partial charge in [0.1, 0.15) is 5.52 Å². The molecule has 35 heavy (non-hydrogen) atoms. The lowest BCUT2D eigenvalue weighted by Crippen LogP contribution is -2.60. The monoisotopic (exact) mass is 464 g/mol. The van der Waals surface area contributed by atoms with E-state index in [9.17, 15) is 10.2 Å². The first-order valence-electron chi connectivity index (χ1n) is 11.9. The number of aromatic hydroxyl groups is 1. The van der Waals surface area contributed by atoms with Gasteiger partial charge in [-0.05, 0) is 49.3 Å². The van der Waals surface area contributed by atoms with Crippen LogP contribution in [0.3, 0.4) is 0 Å². The summed E-state index contributed by atoms with van der Waals surface area (Å²) in [5, 5.41) is 28.8. The Balaban J connectivity index is 1.34. The summed E-state index contributed by atoms with van der Waals surface area (Å²) < 4.78 is 1.50. The molecule has 2 aliphatic rings. The molecule has 0 bridgehead atoms. The second-order valence-electron chi connectivity index (χ2n) is 9.99. The predicted octanol–water partition coefficient (Wildman–Crippen LogP) is 3.80. The summed E-state index contributed by atoms with van der Waals surface area (Å²) in [5.41, 5.74) is 11.5. The normalized spacial score (nSPS) is 24.1. The molecule has 174 valence electrons. The molecule has 7 rings (SSSR count). The number of aromatic nitrogens is 5. The van der Waals surface area contributed by atoms with Crippen molar-refractivity contribution < 1.29 is 10.2 Å². The van der Waals surface area contributed by atoms with Crippen LogP contribution in [0.2, 0.25) is 0 Å². The van der Waals surface area contributed by atoms with Crippen molar-refractivity contribution in [2.75, 3.05) is 0 Å². The molecular weight excluding hydrogens is 440 g/mol. The Kier molecular flexibility index (Phi) is 4.14. The Morgan fingerprint density at radius 2 is 1.51 bits per heavy atom. The fraction of sp³-hybridized carbons (Fsp3) is 0.259. The largest absolute Gasteiger partial charge is 0.479 e. The Bertz CT molecular complexity index is 1590. The molecular formula is C27H24N6O2. The molecule has 5 aromatic rings. The number of rotatable bonds is 4. The lowest BCUT2D eigenvalue weighted by Gasteiger charge is -2.52. The van der Waals surface area contributed by atoms with Crippen molar-refractivity contribution in [1.29, 1.82) is 0 Å². The van der Waals surface area contributed by atoms with Gasteiger partial charge in [0, 0.05) is 16.7 Å². The zero-order valence-corrected chi connectivity index (χ0v) is 19.0. The van der Waals surface area contributed by atoms with Crippen LogP contribution in [-0.2, 0) is 5.54 Å². The molecule has 4 N–H and O–H groups in total. The number of aliphatic hydroxyl groups is 1. The number of nitrogens with two attached hydrogens (primary N) is 1. The summed E-state index contributed by atoms with van der Waals surface area (Å²) in [6.07, 6.45) is 3.42. The fourth-order valence-electron chi connectivity index (χ4n) is 5.58. The zero-order valence-electron chi connectivity index (χ0n) is 19.0. The van der Waals surface area contributed by atoms with E-state index in [1.807, 2.05) is 60.7 Å². The van der Waals surface area contributed by atoms with Crippen molar-refractivity contribution in [3.8, 4) is 28.5 Å². The molecule has 0 aliphatic heterocycles. The first kappa shape index (κ1) is 20.5. The van der Waals surface area contributed by atoms with Gasteiger partial charge < -0.3 is 15.9 Å². The van der Waals surface area contributed by atoms with Gasteiger partial charge in [-0.3, -0.25) is 0 Å². The van der Waals surface area contributed by atoms with E-state index in [0.29, 0.717) is 41.3 Å². The van der Waals surface area contributed by atoms with Gasteiger partial charge in [0.05, 0.1) is 17.0 Å². The average Bonchev–Trinajstić information content (AvgIpc) is 3.66. The molecule has 2 aliphatic carbocycles. The predicted molar refractivity (Wildman–Crippen MR) is 131 cm³/mol. The van der Waals surface area contributed by atoms with Crippen molar-refractivity contribution in [3.05, 3.63) is 72.3 Å². The van der Waals surface area contributed by atoms with E-state index >= 15 is 0 Å². The van der Waals surface area contributed by atoms with E-state index in [0.717, 1.165) is 35.2 Å². The smallest absolute Gasteiger partial charge is 0.320 e. The van der Waals surface area contributed by atoms with Gasteiger partial charge in [-0.25, -0.2) is 14.4 Å². The van der Waals surface area contributed by atoms with E-state index in [1.165, 1.54) is 4.40 Å². The van der Waals surface area contributed by atoms with Crippen molar-refractivity contribution >= 4 is 16.8 Å². The lowest BCUT2D eigenvalue weighted by atomic mass is 9.60. The Morgan fingerprint density at radius 1 is 0.829 bits per heavy atom. The van der Waals surface area contributed by atoms with Crippen molar-refractivity contribution in [3.63, 3.8) is 0 Å². The Hall–Kier alpha value is -3.88. The number of hydrogen-bond donors (Lipinski definition) is 3. The fourth-order valence-corrected chi connectivity index (χ4v) is 5.58. The summed E-state index contributed by atoms with van der Waals surface area (Å²) in [6.45, 7) is 0. The molecule has 8 heteroatoms. The molecule has 0 atom stereocenters. The standard InChI is InChI=1S/C27H24N6O2/c28-26(14-27(35,15-26)19-10-11-19)18-8-6-17(7-9-18)22-23(16-4-2-1-3-5-16)30-24-20(29-22)12-13-21-31-32-25(34)33(21)24/h1-9,12-13,19,35H,10-11,14-15,28H2,(H,32,34)/t26-,27-. The van der Waals surface area contributed by atoms with E-state index in [1.54, 1.807) is 6.07 Å². The van der Waals surface area contributed by atoms with Crippen LogP contribution in [0.25, 0.3) is 39.3 Å². The maximum absolute atomic E-state index is 10.8. The second kappa shape index (κ2) is 7.07. The highest BCUT2D eigenvalue weighted by atomic mass is 16.3. The van der Waals surface area contributed by atoms with Crippen molar-refractivity contribution in [2.45, 2.75) is 36.8 Å². The first-order chi connectivity index (χ1) is 16.9. The minimum absolute atomic E-state index is 0.226. The van der Waals surface area contributed by atoms with E-state index in [2.05, 4.69) is 10.2 Å². The van der Waals surface area contributed by atoms with Gasteiger partial charge in [-0.2, -0.15) is 0 Å². The molecule has 3 heterocycles. The summed E-state index contributed by atoms with van der Waals surface area (Å²) in [6, 6.07) is 21.3. The third-order valence-electron chi connectivity index (χ3n) is 7.54. The van der Waals surface area contributed by atoms with Crippen molar-refractivity contribution in [1.82, 2.24) is 24.6 Å². The summed E-state index contributed by atoms with van der Waals surface area (Å²) in [5.74, 6) is 0.413. The van der Waals surface area contributed by atoms with Crippen LogP contribution in [0.15, 0.2) is 66.7 Å². The zero-order chi connectivity index (χ0) is 23.8. The third-order valence-corrected chi connectivity index (χ3v) is 7.54. The highest BCUT2D eigenvalue weighted by Gasteiger charge is 2.58. The van der Waals surface area contributed by atoms with Crippen molar-refractivity contribution in [2.24, 2.45) is 11.7 Å². The van der Waals surface area contributed by atoms with Gasteiger partial charge >= 0.3 is 6.01 Å². The van der Waals surface area contributed by atoms with Gasteiger partial charge in [0.2, 0.25) is 0 Å². The van der Waals surface area contributed by atoms with Crippen LogP contribution < -0.4 is 5.73 Å². The van der Waals surface area contributed by atoms with E-state index in [4.69, 9.17) is 15.7 Å². The minimum atomic E-state index is -0.600. The third kappa shape index (κ3) is 3.14. The number of benzene rings is 2. The first-order valence-corrected chi connectivity index (χ1v) is 11.9. The van der Waals surface area contributed by atoms with Crippen LogP contribution in [0, 0.1) is 5.92 Å². The molecule has 2 saturated carbocycles. The lowest BCUT2D eigenvalue weighted by molar-refractivity contribution is -0.106. The molecule has 0 spiro atoms. The molecule has 2 aromatic carbocycles. The number of nitrogens with zero attached hydrogens (tertiary/aromatic N) is 5. The molecule has 3 aromatic heterocycles. The van der Waals surface area contributed by atoms with Crippen LogP contribution in [0.1, 0.15) is 31.2 Å². The summed E-state index contributed by atoms with van der Waals surface area (Å²) >= 11 is 0. The summed E-state index contributed by atoms with van der Waals surface area (Å²) in [7, 11) is 0. The molecule has 0 unspecified atom stereocenters. The SMILES string of the molecule is N[C@]1(c2ccc(-c3nc4ccc5nnc(O)n5c4nc3-c3ccccc3)cc2)C[C@](O)(C2CC2)C1. The van der Waals surface area contributed by atoms with Gasteiger partial charge in [0.25, 0.3) is 0 Å². The molecule has 0 saturated heterocycles. The van der Waals surface area contributed by atoms with Gasteiger partial charge in [-0.1, -0.05) is 59.7 Å². The summed E-state index contributed by atoms with van der Waals surface area (Å²) in [4.78, 5) is 9.88. The van der Waals surface area contributed by atoms with Crippen LogP contribution in [0.4, 0.5) is 0 Å². The topological polar surface area (TPSA) is 122 Å². The Labute approximate surface area is 201 Å². The van der Waals surface area contributed by atoms with Crippen LogP contribution in [-0.4, -0.2) is 40.4 Å². The molecule has 8 nitrogen and oxygen atoms in total. The van der Waals surface area contributed by atoms with Crippen LogP contribution in [0.5, 0.6) is 6.01 Å². The average molecular weight is 465 g/mol. The quantitative estimate of drug-likeness (QED) is 0.370. The molecule has 0 radical (unpaired) electrons. The van der Waals surface area contributed by atoms with Gasteiger partial charge in [-0.15, -0.1) is 5.10 Å². The Morgan fingerprint density at radius 3 is 2.23 bits per heavy atom. The maximum Gasteiger partial charge on any atom is 0.320 e. The van der Waals surface area contributed by atoms with E-state index < -0.39 is 11.1 Å². The van der Waals surface area contributed by atoms with Crippen LogP contribution >= 0.6 is 0 Å². The number of hydrogen-bond acceptors (Lipinski definition) is 7. The molecule has 0 amide bonds. The molecule has 2 fully saturated rings. The second-order valence-corrected chi connectivity index (χ2v) is 9.99. The minimum Gasteiger partial charge on any atom is -0.479 e. The van der Waals surface area contributed by atoms with E-state index in [-0.39, 0.29) is 6.01 Å². The highest BCUT2D eigenvalue weighted by molar-refractivity contribution is 5.86.